The molecule has 2 N–H and O–H groups in total. The molecule has 0 amide bonds. The van der Waals surface area contributed by atoms with Crippen molar-refractivity contribution in [2.45, 2.75) is 45.1 Å². The van der Waals surface area contributed by atoms with Gasteiger partial charge in [0.1, 0.15) is 0 Å². The van der Waals surface area contributed by atoms with Crippen LogP contribution in [0.25, 0.3) is 0 Å². The molecule has 0 spiro atoms. The van der Waals surface area contributed by atoms with Crippen LogP contribution < -0.4 is 0 Å². The van der Waals surface area contributed by atoms with Crippen molar-refractivity contribution in [2.24, 2.45) is 0 Å². The number of aliphatic hydroxyl groups is 1. The van der Waals surface area contributed by atoms with Crippen LogP contribution in [-0.4, -0.2) is 21.8 Å². The van der Waals surface area contributed by atoms with Crippen molar-refractivity contribution in [3.63, 3.8) is 0 Å². The second kappa shape index (κ2) is 4.34. The smallest absolute Gasteiger partial charge is 0.303 e. The van der Waals surface area contributed by atoms with E-state index in [4.69, 9.17) is 5.11 Å². The maximum Gasteiger partial charge on any atom is 0.303 e. The van der Waals surface area contributed by atoms with E-state index in [-0.39, 0.29) is 6.42 Å². The molecule has 0 heterocycles. The molecule has 0 saturated heterocycles. The Kier molecular flexibility index (Phi) is 4.11. The van der Waals surface area contributed by atoms with Gasteiger partial charge in [0.15, 0.2) is 0 Å². The monoisotopic (exact) mass is 160 g/mol. The molecule has 0 radical (unpaired) electrons. The van der Waals surface area contributed by atoms with E-state index in [0.717, 1.165) is 0 Å². The van der Waals surface area contributed by atoms with Gasteiger partial charge in [-0.3, -0.25) is 4.79 Å². The molecule has 66 valence electrons. The summed E-state index contributed by atoms with van der Waals surface area (Å²) in [6.45, 7) is 3.62. The first-order valence-electron chi connectivity index (χ1n) is 3.92. The topological polar surface area (TPSA) is 57.5 Å². The van der Waals surface area contributed by atoms with Crippen LogP contribution >= 0.6 is 0 Å². The molecule has 1 unspecified atom stereocenters. The first-order chi connectivity index (χ1) is 4.98. The Hall–Kier alpha value is -0.570. The van der Waals surface area contributed by atoms with E-state index < -0.39 is 11.6 Å². The summed E-state index contributed by atoms with van der Waals surface area (Å²) in [6.07, 6.45) is 1.94. The zero-order chi connectivity index (χ0) is 8.91. The van der Waals surface area contributed by atoms with Crippen LogP contribution in [0.1, 0.15) is 39.5 Å². The van der Waals surface area contributed by atoms with E-state index in [1.54, 1.807) is 6.92 Å². The Morgan fingerprint density at radius 2 is 2.09 bits per heavy atom. The van der Waals surface area contributed by atoms with Gasteiger partial charge in [-0.1, -0.05) is 6.92 Å². The molecule has 0 fully saturated rings. The fourth-order valence-corrected chi connectivity index (χ4v) is 0.797. The average Bonchev–Trinajstić information content (AvgIpc) is 1.87. The molecule has 3 heteroatoms. The van der Waals surface area contributed by atoms with Crippen molar-refractivity contribution < 1.29 is 15.0 Å². The number of rotatable bonds is 5. The third-order valence-corrected chi connectivity index (χ3v) is 1.87. The predicted molar refractivity (Wildman–Crippen MR) is 42.4 cm³/mol. The van der Waals surface area contributed by atoms with Crippen LogP contribution in [0.15, 0.2) is 0 Å². The largest absolute Gasteiger partial charge is 0.481 e. The fraction of sp³-hybridized carbons (Fsp3) is 0.875. The zero-order valence-corrected chi connectivity index (χ0v) is 7.13. The van der Waals surface area contributed by atoms with Crippen LogP contribution in [0, 0.1) is 0 Å². The summed E-state index contributed by atoms with van der Waals surface area (Å²) in [6, 6.07) is 0. The number of hydrogen-bond acceptors (Lipinski definition) is 2. The van der Waals surface area contributed by atoms with Crippen LogP contribution in [0.4, 0.5) is 0 Å². The lowest BCUT2D eigenvalue weighted by molar-refractivity contribution is -0.137. The van der Waals surface area contributed by atoms with Gasteiger partial charge in [0.2, 0.25) is 0 Å². The molecule has 0 bridgehead atoms. The molecular weight excluding hydrogens is 144 g/mol. The molecule has 0 aliphatic rings. The summed E-state index contributed by atoms with van der Waals surface area (Å²) in [4.78, 5) is 10.1. The Labute approximate surface area is 67.0 Å². The van der Waals surface area contributed by atoms with Crippen LogP contribution in [0.3, 0.4) is 0 Å². The fourth-order valence-electron chi connectivity index (χ4n) is 0.797. The van der Waals surface area contributed by atoms with E-state index in [1.165, 1.54) is 0 Å². The first kappa shape index (κ1) is 10.4. The van der Waals surface area contributed by atoms with Gasteiger partial charge in [-0.25, -0.2) is 0 Å². The number of carboxylic acid groups (broad SMARTS) is 1. The van der Waals surface area contributed by atoms with Crippen molar-refractivity contribution in [1.29, 1.82) is 0 Å². The standard InChI is InChI=1S/C8H16O3/c1-3-8(2,11)6-4-5-7(9)10/h11H,3-6H2,1-2H3,(H,9,10). The van der Waals surface area contributed by atoms with Crippen molar-refractivity contribution >= 4 is 5.97 Å². The molecule has 0 rings (SSSR count). The summed E-state index contributed by atoms with van der Waals surface area (Å²) in [5.41, 5.74) is -0.685. The first-order valence-corrected chi connectivity index (χ1v) is 3.92. The van der Waals surface area contributed by atoms with E-state index in [1.807, 2.05) is 6.92 Å². The third-order valence-electron chi connectivity index (χ3n) is 1.87. The lowest BCUT2D eigenvalue weighted by Gasteiger charge is -2.20. The summed E-state index contributed by atoms with van der Waals surface area (Å²) in [7, 11) is 0. The Morgan fingerprint density at radius 3 is 2.45 bits per heavy atom. The van der Waals surface area contributed by atoms with E-state index in [2.05, 4.69) is 0 Å². The molecule has 1 atom stereocenters. The minimum absolute atomic E-state index is 0.149. The number of carboxylic acids is 1. The van der Waals surface area contributed by atoms with Crippen molar-refractivity contribution in [2.75, 3.05) is 0 Å². The van der Waals surface area contributed by atoms with Crippen LogP contribution in [0.2, 0.25) is 0 Å². The SMILES string of the molecule is CCC(C)(O)CCCC(=O)O. The second-order valence-corrected chi connectivity index (χ2v) is 3.10. The molecule has 0 aromatic heterocycles. The molecule has 0 aromatic carbocycles. The molecular formula is C8H16O3. The second-order valence-electron chi connectivity index (χ2n) is 3.10. The highest BCUT2D eigenvalue weighted by Gasteiger charge is 2.16. The summed E-state index contributed by atoms with van der Waals surface area (Å²) < 4.78 is 0. The molecule has 0 aromatic rings. The lowest BCUT2D eigenvalue weighted by atomic mass is 9.96. The van der Waals surface area contributed by atoms with Gasteiger partial charge in [-0.05, 0) is 26.2 Å². The highest BCUT2D eigenvalue weighted by molar-refractivity contribution is 5.66. The average molecular weight is 160 g/mol. The Bertz CT molecular complexity index is 129. The quantitative estimate of drug-likeness (QED) is 0.639. The zero-order valence-electron chi connectivity index (χ0n) is 7.13. The predicted octanol–water partition coefficient (Wildman–Crippen LogP) is 1.40. The van der Waals surface area contributed by atoms with Gasteiger partial charge in [0, 0.05) is 6.42 Å². The molecule has 11 heavy (non-hydrogen) atoms. The van der Waals surface area contributed by atoms with Gasteiger partial charge >= 0.3 is 5.97 Å². The van der Waals surface area contributed by atoms with Crippen molar-refractivity contribution in [3.05, 3.63) is 0 Å². The normalized spacial score (nSPS) is 15.9. The maximum absolute atomic E-state index is 10.1. The van der Waals surface area contributed by atoms with Gasteiger partial charge < -0.3 is 10.2 Å². The summed E-state index contributed by atoms with van der Waals surface area (Å²) in [5, 5.41) is 17.7. The highest BCUT2D eigenvalue weighted by atomic mass is 16.4. The number of aliphatic carboxylic acids is 1. The molecule has 0 aliphatic carbocycles. The minimum atomic E-state index is -0.795. The molecule has 0 aliphatic heterocycles. The number of carbonyl (C=O) groups is 1. The number of hydrogen-bond donors (Lipinski definition) is 2. The lowest BCUT2D eigenvalue weighted by Crippen LogP contribution is -2.22. The van der Waals surface area contributed by atoms with E-state index in [0.29, 0.717) is 19.3 Å². The van der Waals surface area contributed by atoms with Crippen LogP contribution in [-0.2, 0) is 4.79 Å². The van der Waals surface area contributed by atoms with Gasteiger partial charge in [0.05, 0.1) is 5.60 Å². The van der Waals surface area contributed by atoms with Gasteiger partial charge in [-0.2, -0.15) is 0 Å². The van der Waals surface area contributed by atoms with Crippen molar-refractivity contribution in [3.8, 4) is 0 Å². The van der Waals surface area contributed by atoms with Crippen LogP contribution in [0.5, 0.6) is 0 Å². The highest BCUT2D eigenvalue weighted by Crippen LogP contribution is 2.16. The Balaban J connectivity index is 3.45. The van der Waals surface area contributed by atoms with Crippen molar-refractivity contribution in [1.82, 2.24) is 0 Å². The van der Waals surface area contributed by atoms with E-state index >= 15 is 0 Å². The molecule has 0 saturated carbocycles. The molecule has 3 nitrogen and oxygen atoms in total. The van der Waals surface area contributed by atoms with Gasteiger partial charge in [0.25, 0.3) is 0 Å². The summed E-state index contributed by atoms with van der Waals surface area (Å²) in [5.74, 6) is -0.795. The van der Waals surface area contributed by atoms with E-state index in [9.17, 15) is 9.90 Å². The third kappa shape index (κ3) is 5.85. The minimum Gasteiger partial charge on any atom is -0.481 e. The van der Waals surface area contributed by atoms with Gasteiger partial charge in [-0.15, -0.1) is 0 Å². The Morgan fingerprint density at radius 1 is 1.55 bits per heavy atom. The maximum atomic E-state index is 10.1. The summed E-state index contributed by atoms with van der Waals surface area (Å²) >= 11 is 0.